The first-order valence-corrected chi connectivity index (χ1v) is 10.8. The number of aryl methyl sites for hydroxylation is 2. The van der Waals surface area contributed by atoms with Gasteiger partial charge in [0.2, 0.25) is 5.91 Å². The number of carbonyl (C=O) groups excluding carboxylic acids is 2. The quantitative estimate of drug-likeness (QED) is 0.857. The fraction of sp³-hybridized carbons (Fsp3) is 0.565. The maximum Gasteiger partial charge on any atom is 0.317 e. The number of urea groups is 1. The summed E-state index contributed by atoms with van der Waals surface area (Å²) < 4.78 is 5.66. The third-order valence-electron chi connectivity index (χ3n) is 6.46. The summed E-state index contributed by atoms with van der Waals surface area (Å²) in [6.45, 7) is 6.50. The van der Waals surface area contributed by atoms with Gasteiger partial charge in [0.05, 0.1) is 12.7 Å². The number of hydrogen-bond acceptors (Lipinski definition) is 3. The van der Waals surface area contributed by atoms with Crippen molar-refractivity contribution in [1.82, 2.24) is 15.1 Å². The third kappa shape index (κ3) is 4.41. The van der Waals surface area contributed by atoms with Gasteiger partial charge in [-0.15, -0.1) is 0 Å². The highest BCUT2D eigenvalue weighted by atomic mass is 16.3. The molecular formula is C23H31N3O3. The molecule has 0 bridgehead atoms. The second kappa shape index (κ2) is 8.47. The van der Waals surface area contributed by atoms with Crippen molar-refractivity contribution in [3.05, 3.63) is 35.1 Å². The van der Waals surface area contributed by atoms with Crippen molar-refractivity contribution >= 4 is 22.9 Å². The number of rotatable bonds is 3. The summed E-state index contributed by atoms with van der Waals surface area (Å²) in [7, 11) is 0. The number of furan rings is 1. The lowest BCUT2D eigenvalue weighted by molar-refractivity contribution is -0.131. The van der Waals surface area contributed by atoms with Crippen LogP contribution >= 0.6 is 0 Å². The molecule has 1 aromatic carbocycles. The van der Waals surface area contributed by atoms with Crippen LogP contribution < -0.4 is 5.32 Å². The van der Waals surface area contributed by atoms with Gasteiger partial charge in [-0.3, -0.25) is 4.79 Å². The Balaban J connectivity index is 1.31. The van der Waals surface area contributed by atoms with Gasteiger partial charge in [-0.25, -0.2) is 4.79 Å². The fourth-order valence-corrected chi connectivity index (χ4v) is 4.42. The molecule has 1 aliphatic carbocycles. The van der Waals surface area contributed by atoms with E-state index in [0.29, 0.717) is 38.6 Å². The van der Waals surface area contributed by atoms with E-state index in [2.05, 4.69) is 25.2 Å². The lowest BCUT2D eigenvalue weighted by atomic mass is 9.96. The first-order chi connectivity index (χ1) is 14.0. The third-order valence-corrected chi connectivity index (χ3v) is 6.46. The smallest absolute Gasteiger partial charge is 0.317 e. The zero-order valence-corrected chi connectivity index (χ0v) is 17.5. The minimum Gasteiger partial charge on any atom is -0.464 e. The van der Waals surface area contributed by atoms with E-state index in [9.17, 15) is 9.59 Å². The van der Waals surface area contributed by atoms with E-state index in [1.165, 1.54) is 30.4 Å². The molecule has 29 heavy (non-hydrogen) atoms. The molecule has 2 aliphatic rings. The number of nitrogens with one attached hydrogen (secondary N) is 1. The molecule has 1 aromatic heterocycles. The summed E-state index contributed by atoms with van der Waals surface area (Å²) >= 11 is 0. The van der Waals surface area contributed by atoms with Crippen LogP contribution in [-0.2, 0) is 11.2 Å². The Bertz CT molecular complexity index is 890. The Kier molecular flexibility index (Phi) is 5.79. The van der Waals surface area contributed by atoms with Crippen LogP contribution in [0, 0.1) is 13.8 Å². The second-order valence-corrected chi connectivity index (χ2v) is 8.52. The first kappa shape index (κ1) is 19.8. The summed E-state index contributed by atoms with van der Waals surface area (Å²) in [5.74, 6) is 0.0956. The molecule has 2 fully saturated rings. The van der Waals surface area contributed by atoms with Crippen LogP contribution in [0.1, 0.15) is 48.8 Å². The van der Waals surface area contributed by atoms with Crippen LogP contribution in [0.25, 0.3) is 11.0 Å². The Morgan fingerprint density at radius 2 is 1.66 bits per heavy atom. The SMILES string of the molecule is Cc1cc2occ(CC(=O)N3CCN(C(=O)NC4CCCCC4)CC3)c2cc1C. The van der Waals surface area contributed by atoms with E-state index in [0.717, 1.165) is 29.4 Å². The predicted molar refractivity (Wildman–Crippen MR) is 113 cm³/mol. The van der Waals surface area contributed by atoms with Crippen molar-refractivity contribution in [3.63, 3.8) is 0 Å². The van der Waals surface area contributed by atoms with Gasteiger partial charge in [-0.1, -0.05) is 19.3 Å². The average molecular weight is 398 g/mol. The summed E-state index contributed by atoms with van der Waals surface area (Å²) in [6.07, 6.45) is 7.89. The van der Waals surface area contributed by atoms with Crippen LogP contribution in [0.4, 0.5) is 4.79 Å². The molecule has 6 nitrogen and oxygen atoms in total. The number of fused-ring (bicyclic) bond motifs is 1. The van der Waals surface area contributed by atoms with Crippen LogP contribution in [0.3, 0.4) is 0 Å². The summed E-state index contributed by atoms with van der Waals surface area (Å²) in [6, 6.07) is 4.47. The van der Waals surface area contributed by atoms with E-state index >= 15 is 0 Å². The highest BCUT2D eigenvalue weighted by molar-refractivity contribution is 5.88. The summed E-state index contributed by atoms with van der Waals surface area (Å²) in [5, 5.41) is 4.19. The maximum atomic E-state index is 12.8. The minimum atomic E-state index is 0.0238. The number of carbonyl (C=O) groups is 2. The highest BCUT2D eigenvalue weighted by Crippen LogP contribution is 2.25. The molecule has 1 aliphatic heterocycles. The van der Waals surface area contributed by atoms with Gasteiger partial charge in [0.25, 0.3) is 0 Å². The van der Waals surface area contributed by atoms with Crippen molar-refractivity contribution in [1.29, 1.82) is 0 Å². The van der Waals surface area contributed by atoms with E-state index in [4.69, 9.17) is 4.42 Å². The molecule has 0 unspecified atom stereocenters. The van der Waals surface area contributed by atoms with Gasteiger partial charge < -0.3 is 19.5 Å². The van der Waals surface area contributed by atoms with Crippen molar-refractivity contribution < 1.29 is 14.0 Å². The summed E-state index contributed by atoms with van der Waals surface area (Å²) in [5.41, 5.74) is 4.16. The van der Waals surface area contributed by atoms with E-state index in [1.807, 2.05) is 15.9 Å². The zero-order valence-electron chi connectivity index (χ0n) is 17.5. The number of benzene rings is 1. The molecule has 1 N–H and O–H groups in total. The highest BCUT2D eigenvalue weighted by Gasteiger charge is 2.26. The molecule has 0 radical (unpaired) electrons. The Labute approximate surface area is 172 Å². The van der Waals surface area contributed by atoms with Crippen molar-refractivity contribution in [2.75, 3.05) is 26.2 Å². The van der Waals surface area contributed by atoms with E-state index < -0.39 is 0 Å². The van der Waals surface area contributed by atoms with Crippen molar-refractivity contribution in [2.45, 2.75) is 58.4 Å². The van der Waals surface area contributed by atoms with E-state index in [1.54, 1.807) is 6.26 Å². The molecule has 4 rings (SSSR count). The molecule has 0 spiro atoms. The van der Waals surface area contributed by atoms with Crippen LogP contribution in [-0.4, -0.2) is 54.0 Å². The molecular weight excluding hydrogens is 366 g/mol. The molecule has 1 saturated carbocycles. The fourth-order valence-electron chi connectivity index (χ4n) is 4.42. The molecule has 156 valence electrons. The molecule has 1 saturated heterocycles. The van der Waals surface area contributed by atoms with Gasteiger partial charge >= 0.3 is 6.03 Å². The molecule has 2 heterocycles. The molecule has 3 amide bonds. The summed E-state index contributed by atoms with van der Waals surface area (Å²) in [4.78, 5) is 29.0. The van der Waals surface area contributed by atoms with Gasteiger partial charge in [0.15, 0.2) is 0 Å². The second-order valence-electron chi connectivity index (χ2n) is 8.52. The average Bonchev–Trinajstić information content (AvgIpc) is 3.10. The lowest BCUT2D eigenvalue weighted by Gasteiger charge is -2.36. The first-order valence-electron chi connectivity index (χ1n) is 10.8. The number of amides is 3. The van der Waals surface area contributed by atoms with Crippen molar-refractivity contribution in [2.24, 2.45) is 0 Å². The topological polar surface area (TPSA) is 65.8 Å². The van der Waals surface area contributed by atoms with Gasteiger partial charge in [0.1, 0.15) is 5.58 Å². The Morgan fingerprint density at radius 1 is 1.00 bits per heavy atom. The van der Waals surface area contributed by atoms with Crippen LogP contribution in [0.2, 0.25) is 0 Å². The Morgan fingerprint density at radius 3 is 2.38 bits per heavy atom. The zero-order chi connectivity index (χ0) is 20.4. The number of hydrogen-bond donors (Lipinski definition) is 1. The minimum absolute atomic E-state index is 0.0238. The standard InChI is InChI=1S/C23H31N3O3/c1-16-12-20-18(15-29-21(20)13-17(16)2)14-22(27)25-8-10-26(11-9-25)23(28)24-19-6-4-3-5-7-19/h12-13,15,19H,3-11,14H2,1-2H3,(H,24,28). The molecule has 0 atom stereocenters. The number of nitrogens with zero attached hydrogens (tertiary/aromatic N) is 2. The van der Waals surface area contributed by atoms with Crippen LogP contribution in [0.5, 0.6) is 0 Å². The van der Waals surface area contributed by atoms with Gasteiger partial charge in [-0.2, -0.15) is 0 Å². The van der Waals surface area contributed by atoms with Gasteiger partial charge in [-0.05, 0) is 49.9 Å². The van der Waals surface area contributed by atoms with E-state index in [-0.39, 0.29) is 11.9 Å². The maximum absolute atomic E-state index is 12.8. The Hall–Kier alpha value is -2.50. The monoisotopic (exact) mass is 397 g/mol. The molecule has 6 heteroatoms. The van der Waals surface area contributed by atoms with Crippen LogP contribution in [0.15, 0.2) is 22.8 Å². The lowest BCUT2D eigenvalue weighted by Crippen LogP contribution is -2.54. The number of piperazine rings is 1. The van der Waals surface area contributed by atoms with Gasteiger partial charge in [0, 0.05) is 43.2 Å². The van der Waals surface area contributed by atoms with Crippen molar-refractivity contribution in [3.8, 4) is 0 Å². The largest absolute Gasteiger partial charge is 0.464 e. The predicted octanol–water partition coefficient (Wildman–Crippen LogP) is 3.78. The normalized spacial score (nSPS) is 18.3. The molecule has 2 aromatic rings.